The first-order chi connectivity index (χ1) is 15.0. The van der Waals surface area contributed by atoms with E-state index in [1.54, 1.807) is 32.5 Å². The van der Waals surface area contributed by atoms with Crippen LogP contribution in [0.1, 0.15) is 5.56 Å². The molecule has 0 radical (unpaired) electrons. The highest BCUT2D eigenvalue weighted by Gasteiger charge is 2.11. The zero-order chi connectivity index (χ0) is 22.0. The van der Waals surface area contributed by atoms with Gasteiger partial charge in [0, 0.05) is 38.1 Å². The Hall–Kier alpha value is -4.07. The number of anilines is 3. The van der Waals surface area contributed by atoms with Crippen LogP contribution < -0.4 is 19.7 Å². The standard InChI is InChI=1S/C23H23N5O3/c1-15-11-16(30-4)5-7-19(15)25-23-26-20-12-17(6-8-21(20)28(23)3)31-18-9-10-24-22(13-18)27(2)14-29/h5-14H,1-4H3,(H,25,26). The van der Waals surface area contributed by atoms with E-state index in [9.17, 15) is 4.79 Å². The van der Waals surface area contributed by atoms with E-state index in [0.29, 0.717) is 23.7 Å². The predicted octanol–water partition coefficient (Wildman–Crippen LogP) is 4.41. The Bertz CT molecular complexity index is 1250. The Balaban J connectivity index is 1.60. The second-order valence-electron chi connectivity index (χ2n) is 7.12. The van der Waals surface area contributed by atoms with Crippen LogP contribution in [0.3, 0.4) is 0 Å². The molecule has 4 aromatic rings. The second-order valence-corrected chi connectivity index (χ2v) is 7.12. The Morgan fingerprint density at radius 2 is 1.84 bits per heavy atom. The van der Waals surface area contributed by atoms with Gasteiger partial charge in [-0.1, -0.05) is 0 Å². The maximum atomic E-state index is 11.0. The average molecular weight is 417 g/mol. The smallest absolute Gasteiger partial charge is 0.215 e. The molecule has 0 fully saturated rings. The van der Waals surface area contributed by atoms with Crippen LogP contribution in [0.4, 0.5) is 17.5 Å². The van der Waals surface area contributed by atoms with Crippen LogP contribution in [0.15, 0.2) is 54.7 Å². The Kier molecular flexibility index (Phi) is 5.44. The Morgan fingerprint density at radius 1 is 1.06 bits per heavy atom. The lowest BCUT2D eigenvalue weighted by Gasteiger charge is -2.11. The van der Waals surface area contributed by atoms with Crippen molar-refractivity contribution in [3.8, 4) is 17.2 Å². The summed E-state index contributed by atoms with van der Waals surface area (Å²) in [7, 11) is 5.25. The van der Waals surface area contributed by atoms with Gasteiger partial charge in [-0.25, -0.2) is 9.97 Å². The van der Waals surface area contributed by atoms with Crippen molar-refractivity contribution in [2.24, 2.45) is 7.05 Å². The lowest BCUT2D eigenvalue weighted by Crippen LogP contribution is -2.14. The van der Waals surface area contributed by atoms with Crippen LogP contribution in [0.5, 0.6) is 17.2 Å². The number of aromatic nitrogens is 3. The summed E-state index contributed by atoms with van der Waals surface area (Å²) >= 11 is 0. The van der Waals surface area contributed by atoms with E-state index in [2.05, 4.69) is 10.3 Å². The largest absolute Gasteiger partial charge is 0.497 e. The van der Waals surface area contributed by atoms with E-state index in [1.807, 2.05) is 54.9 Å². The van der Waals surface area contributed by atoms with Crippen molar-refractivity contribution >= 4 is 34.9 Å². The molecular formula is C23H23N5O3. The Labute approximate surface area is 180 Å². The van der Waals surface area contributed by atoms with Gasteiger partial charge in [-0.2, -0.15) is 0 Å². The van der Waals surface area contributed by atoms with Crippen LogP contribution in [0.25, 0.3) is 11.0 Å². The van der Waals surface area contributed by atoms with Crippen molar-refractivity contribution in [3.05, 3.63) is 60.3 Å². The van der Waals surface area contributed by atoms with Gasteiger partial charge in [0.05, 0.1) is 18.1 Å². The number of nitrogens with one attached hydrogen (secondary N) is 1. The van der Waals surface area contributed by atoms with Crippen molar-refractivity contribution < 1.29 is 14.3 Å². The first-order valence-corrected chi connectivity index (χ1v) is 9.68. The molecular weight excluding hydrogens is 394 g/mol. The molecule has 0 aliphatic rings. The number of benzene rings is 2. The van der Waals surface area contributed by atoms with Crippen LogP contribution in [-0.4, -0.2) is 35.1 Å². The monoisotopic (exact) mass is 417 g/mol. The van der Waals surface area contributed by atoms with E-state index in [4.69, 9.17) is 14.5 Å². The number of rotatable bonds is 7. The molecule has 0 aliphatic carbocycles. The number of hydrogen-bond donors (Lipinski definition) is 1. The van der Waals surface area contributed by atoms with E-state index >= 15 is 0 Å². The summed E-state index contributed by atoms with van der Waals surface area (Å²) in [6, 6.07) is 15.0. The molecule has 31 heavy (non-hydrogen) atoms. The lowest BCUT2D eigenvalue weighted by molar-refractivity contribution is -0.107. The number of amides is 1. The summed E-state index contributed by atoms with van der Waals surface area (Å²) in [5, 5.41) is 3.39. The third-order valence-electron chi connectivity index (χ3n) is 5.00. The number of imidazole rings is 1. The number of nitrogens with zero attached hydrogens (tertiary/aromatic N) is 4. The zero-order valence-corrected chi connectivity index (χ0v) is 17.8. The molecule has 2 heterocycles. The minimum Gasteiger partial charge on any atom is -0.497 e. The minimum atomic E-state index is 0.507. The number of carbonyl (C=O) groups is 1. The van der Waals surface area contributed by atoms with Gasteiger partial charge in [-0.3, -0.25) is 4.79 Å². The highest BCUT2D eigenvalue weighted by atomic mass is 16.5. The summed E-state index contributed by atoms with van der Waals surface area (Å²) in [5.74, 6) is 3.27. The molecule has 0 aliphatic heterocycles. The van der Waals surface area contributed by atoms with Gasteiger partial charge in [0.15, 0.2) is 0 Å². The number of fused-ring (bicyclic) bond motifs is 1. The van der Waals surface area contributed by atoms with Gasteiger partial charge < -0.3 is 24.3 Å². The molecule has 2 aromatic carbocycles. The fraction of sp³-hybridized carbons (Fsp3) is 0.174. The number of ether oxygens (including phenoxy) is 2. The molecule has 1 amide bonds. The normalized spacial score (nSPS) is 10.7. The molecule has 8 nitrogen and oxygen atoms in total. The van der Waals surface area contributed by atoms with Crippen molar-refractivity contribution in [1.82, 2.24) is 14.5 Å². The molecule has 0 saturated heterocycles. The Morgan fingerprint density at radius 3 is 2.58 bits per heavy atom. The van der Waals surface area contributed by atoms with Gasteiger partial charge in [-0.05, 0) is 48.9 Å². The molecule has 8 heteroatoms. The first kappa shape index (κ1) is 20.2. The van der Waals surface area contributed by atoms with E-state index in [0.717, 1.165) is 34.0 Å². The quantitative estimate of drug-likeness (QED) is 0.449. The van der Waals surface area contributed by atoms with E-state index in [-0.39, 0.29) is 0 Å². The number of pyridine rings is 1. The minimum absolute atomic E-state index is 0.507. The van der Waals surface area contributed by atoms with Gasteiger partial charge in [0.1, 0.15) is 23.1 Å². The summed E-state index contributed by atoms with van der Waals surface area (Å²) in [6.07, 6.45) is 2.30. The molecule has 4 rings (SSSR count). The van der Waals surface area contributed by atoms with E-state index < -0.39 is 0 Å². The van der Waals surface area contributed by atoms with Gasteiger partial charge >= 0.3 is 0 Å². The molecule has 0 unspecified atom stereocenters. The van der Waals surface area contributed by atoms with Crippen molar-refractivity contribution in [1.29, 1.82) is 0 Å². The van der Waals surface area contributed by atoms with Crippen molar-refractivity contribution in [2.45, 2.75) is 6.92 Å². The lowest BCUT2D eigenvalue weighted by atomic mass is 10.2. The summed E-state index contributed by atoms with van der Waals surface area (Å²) in [4.78, 5) is 21.2. The van der Waals surface area contributed by atoms with Crippen molar-refractivity contribution in [3.63, 3.8) is 0 Å². The third-order valence-corrected chi connectivity index (χ3v) is 5.00. The number of hydrogen-bond acceptors (Lipinski definition) is 6. The second kappa shape index (κ2) is 8.35. The highest BCUT2D eigenvalue weighted by molar-refractivity contribution is 5.81. The van der Waals surface area contributed by atoms with Gasteiger partial charge in [0.2, 0.25) is 12.4 Å². The summed E-state index contributed by atoms with van der Waals surface area (Å²) in [6.45, 7) is 2.02. The molecule has 0 saturated carbocycles. The fourth-order valence-corrected chi connectivity index (χ4v) is 3.22. The first-order valence-electron chi connectivity index (χ1n) is 9.68. The van der Waals surface area contributed by atoms with Crippen LogP contribution in [0.2, 0.25) is 0 Å². The van der Waals surface area contributed by atoms with E-state index in [1.165, 1.54) is 4.90 Å². The van der Waals surface area contributed by atoms with Gasteiger partial charge in [-0.15, -0.1) is 0 Å². The van der Waals surface area contributed by atoms with Gasteiger partial charge in [0.25, 0.3) is 0 Å². The van der Waals surface area contributed by atoms with Crippen molar-refractivity contribution in [2.75, 3.05) is 24.4 Å². The predicted molar refractivity (Wildman–Crippen MR) is 121 cm³/mol. The van der Waals surface area contributed by atoms with Crippen LogP contribution in [0, 0.1) is 6.92 Å². The average Bonchev–Trinajstić information content (AvgIpc) is 3.09. The molecule has 0 bridgehead atoms. The molecule has 2 aromatic heterocycles. The maximum absolute atomic E-state index is 11.0. The molecule has 1 N–H and O–H groups in total. The SMILES string of the molecule is COc1ccc(Nc2nc3cc(Oc4ccnc(N(C)C=O)c4)ccc3n2C)c(C)c1. The summed E-state index contributed by atoms with van der Waals surface area (Å²) in [5.41, 5.74) is 3.79. The number of aryl methyl sites for hydroxylation is 2. The highest BCUT2D eigenvalue weighted by Crippen LogP contribution is 2.30. The molecule has 158 valence electrons. The molecule has 0 spiro atoms. The van der Waals surface area contributed by atoms with Crippen LogP contribution in [-0.2, 0) is 11.8 Å². The zero-order valence-electron chi connectivity index (χ0n) is 17.8. The maximum Gasteiger partial charge on any atom is 0.215 e. The van der Waals surface area contributed by atoms with Crippen LogP contribution >= 0.6 is 0 Å². The third kappa shape index (κ3) is 4.13. The number of carbonyl (C=O) groups excluding carboxylic acids is 1. The molecule has 0 atom stereocenters. The fourth-order valence-electron chi connectivity index (χ4n) is 3.22. The topological polar surface area (TPSA) is 81.5 Å². The summed E-state index contributed by atoms with van der Waals surface area (Å²) < 4.78 is 13.2. The number of methoxy groups -OCH3 is 1.